The number of carboxylic acid groups (broad SMARTS) is 1. The molecule has 0 atom stereocenters. The number of carbonyl (C=O) groups excluding carboxylic acids is 2. The summed E-state index contributed by atoms with van der Waals surface area (Å²) in [4.78, 5) is 35.1. The van der Waals surface area contributed by atoms with Crippen LogP contribution in [0, 0.1) is 0 Å². The zero-order chi connectivity index (χ0) is 21.5. The minimum absolute atomic E-state index is 0.326. The molecular weight excluding hydrogens is 390 g/mol. The zero-order valence-electron chi connectivity index (χ0n) is 17.1. The molecule has 4 rings (SSSR count). The molecular formula is C22H24NO7-. The Balaban J connectivity index is 1.80. The normalized spacial score (nSPS) is 16.9. The number of ether oxygens (including phenoxy) is 2. The molecule has 1 amide bonds. The van der Waals surface area contributed by atoms with Crippen LogP contribution in [0.2, 0.25) is 0 Å². The second-order valence-electron chi connectivity index (χ2n) is 8.41. The van der Waals surface area contributed by atoms with Crippen molar-refractivity contribution in [3.63, 3.8) is 0 Å². The number of aryl methyl sites for hydroxylation is 2. The number of amides is 1. The summed E-state index contributed by atoms with van der Waals surface area (Å²) in [6, 6.07) is 1.75. The molecule has 2 aromatic rings. The maximum atomic E-state index is 12.6. The van der Waals surface area contributed by atoms with E-state index in [-0.39, 0.29) is 17.8 Å². The summed E-state index contributed by atoms with van der Waals surface area (Å²) in [5.41, 5.74) is 2.16. The Labute approximate surface area is 173 Å². The molecule has 1 aromatic heterocycles. The molecule has 2 aliphatic rings. The lowest BCUT2D eigenvalue weighted by molar-refractivity contribution is -0.304. The highest BCUT2D eigenvalue weighted by atomic mass is 16.5. The summed E-state index contributed by atoms with van der Waals surface area (Å²) in [6.07, 6.45) is 4.75. The summed E-state index contributed by atoms with van der Waals surface area (Å²) < 4.78 is 17.6. The highest BCUT2D eigenvalue weighted by Gasteiger charge is 2.32. The van der Waals surface area contributed by atoms with Gasteiger partial charge in [0, 0.05) is 17.2 Å². The van der Waals surface area contributed by atoms with Gasteiger partial charge in [-0.1, -0.05) is 0 Å². The van der Waals surface area contributed by atoms with Gasteiger partial charge in [0.05, 0.1) is 17.9 Å². The minimum atomic E-state index is -1.38. The second kappa shape index (κ2) is 7.66. The maximum absolute atomic E-state index is 12.6. The van der Waals surface area contributed by atoms with Crippen LogP contribution in [0.4, 0.5) is 0 Å². The number of carbonyl (C=O) groups is 2. The van der Waals surface area contributed by atoms with Crippen LogP contribution in [-0.2, 0) is 28.9 Å². The highest BCUT2D eigenvalue weighted by Crippen LogP contribution is 2.44. The molecule has 1 N–H and O–H groups in total. The molecule has 1 aliphatic heterocycles. The van der Waals surface area contributed by atoms with Gasteiger partial charge in [-0.3, -0.25) is 4.79 Å². The van der Waals surface area contributed by atoms with Crippen LogP contribution in [0.5, 0.6) is 11.5 Å². The Morgan fingerprint density at radius 2 is 1.90 bits per heavy atom. The first-order valence-electron chi connectivity index (χ1n) is 10.2. The second-order valence-corrected chi connectivity index (χ2v) is 8.41. The lowest BCUT2D eigenvalue weighted by Gasteiger charge is -2.33. The molecule has 160 valence electrons. The first-order valence-corrected chi connectivity index (χ1v) is 10.2. The van der Waals surface area contributed by atoms with Crippen molar-refractivity contribution in [1.29, 1.82) is 0 Å². The predicted molar refractivity (Wildman–Crippen MR) is 106 cm³/mol. The van der Waals surface area contributed by atoms with E-state index in [1.54, 1.807) is 6.07 Å². The lowest BCUT2D eigenvalue weighted by atomic mass is 9.87. The fraction of sp³-hybridized carbons (Fsp3) is 0.500. The largest absolute Gasteiger partial charge is 0.548 e. The Bertz CT molecular complexity index is 1080. The van der Waals surface area contributed by atoms with E-state index in [0.29, 0.717) is 40.9 Å². The molecule has 1 aliphatic carbocycles. The third-order valence-electron chi connectivity index (χ3n) is 5.67. The average Bonchev–Trinajstić information content (AvgIpc) is 2.69. The van der Waals surface area contributed by atoms with Crippen LogP contribution >= 0.6 is 0 Å². The number of hydrogen-bond acceptors (Lipinski definition) is 7. The van der Waals surface area contributed by atoms with Crippen molar-refractivity contribution >= 4 is 22.8 Å². The van der Waals surface area contributed by atoms with Gasteiger partial charge in [0.2, 0.25) is 0 Å². The van der Waals surface area contributed by atoms with Crippen LogP contribution in [0.25, 0.3) is 11.0 Å². The van der Waals surface area contributed by atoms with Crippen LogP contribution < -0.4 is 25.5 Å². The van der Waals surface area contributed by atoms with Crippen molar-refractivity contribution in [2.24, 2.45) is 0 Å². The molecule has 8 heteroatoms. The Morgan fingerprint density at radius 3 is 2.63 bits per heavy atom. The number of benzene rings is 1. The lowest BCUT2D eigenvalue weighted by Crippen LogP contribution is -2.39. The van der Waals surface area contributed by atoms with E-state index >= 15 is 0 Å². The Kier molecular flexibility index (Phi) is 5.17. The molecule has 8 nitrogen and oxygen atoms in total. The van der Waals surface area contributed by atoms with Gasteiger partial charge in [-0.2, -0.15) is 0 Å². The Morgan fingerprint density at radius 1 is 1.17 bits per heavy atom. The van der Waals surface area contributed by atoms with Crippen molar-refractivity contribution in [3.8, 4) is 11.5 Å². The number of aliphatic carboxylic acids is 1. The van der Waals surface area contributed by atoms with Crippen molar-refractivity contribution in [3.05, 3.63) is 33.2 Å². The maximum Gasteiger partial charge on any atom is 0.339 e. The third kappa shape index (κ3) is 3.86. The van der Waals surface area contributed by atoms with E-state index in [1.165, 1.54) is 0 Å². The smallest absolute Gasteiger partial charge is 0.339 e. The SMILES string of the molecule is CC1(C)CCc2c(cc(OCC(=O)NCC(=O)[O-])c3c4c(c(=O)oc23)CCCC4)O1. The van der Waals surface area contributed by atoms with E-state index < -0.39 is 18.4 Å². The fourth-order valence-corrected chi connectivity index (χ4v) is 4.19. The van der Waals surface area contributed by atoms with Gasteiger partial charge in [-0.05, 0) is 57.9 Å². The Hall–Kier alpha value is -3.03. The van der Waals surface area contributed by atoms with Crippen molar-refractivity contribution in [1.82, 2.24) is 5.32 Å². The van der Waals surface area contributed by atoms with Gasteiger partial charge < -0.3 is 29.1 Å². The van der Waals surface area contributed by atoms with Gasteiger partial charge in [0.15, 0.2) is 6.61 Å². The van der Waals surface area contributed by atoms with Gasteiger partial charge in [-0.15, -0.1) is 0 Å². The summed E-state index contributed by atoms with van der Waals surface area (Å²) in [5, 5.41) is 13.5. The van der Waals surface area contributed by atoms with Gasteiger partial charge in [-0.25, -0.2) is 4.79 Å². The topological polar surface area (TPSA) is 118 Å². The average molecular weight is 414 g/mol. The molecule has 0 spiro atoms. The first-order chi connectivity index (χ1) is 14.2. The number of rotatable bonds is 5. The van der Waals surface area contributed by atoms with Crippen molar-refractivity contribution < 1.29 is 28.6 Å². The summed E-state index contributed by atoms with van der Waals surface area (Å²) in [6.45, 7) is 3.00. The number of fused-ring (bicyclic) bond motifs is 5. The third-order valence-corrected chi connectivity index (χ3v) is 5.67. The molecule has 0 unspecified atom stereocenters. The standard InChI is InChI=1S/C22H25NO7/c1-22(2)8-7-14-15(30-22)9-16(28-11-17(24)23-10-18(25)26)19-12-5-3-4-6-13(12)21(27)29-20(14)19/h9H,3-8,10-11H2,1-2H3,(H,23,24)(H,25,26)/p-1. The number of nitrogens with one attached hydrogen (secondary N) is 1. The van der Waals surface area contributed by atoms with Crippen LogP contribution in [0.15, 0.2) is 15.3 Å². The van der Waals surface area contributed by atoms with E-state index in [9.17, 15) is 19.5 Å². The molecule has 30 heavy (non-hydrogen) atoms. The van der Waals surface area contributed by atoms with Crippen LogP contribution in [0.3, 0.4) is 0 Å². The highest BCUT2D eigenvalue weighted by molar-refractivity contribution is 5.93. The van der Waals surface area contributed by atoms with Gasteiger partial charge >= 0.3 is 5.63 Å². The summed E-state index contributed by atoms with van der Waals surface area (Å²) in [7, 11) is 0. The molecule has 0 bridgehead atoms. The van der Waals surface area contributed by atoms with Crippen molar-refractivity contribution in [2.75, 3.05) is 13.2 Å². The van der Waals surface area contributed by atoms with Gasteiger partial charge in [0.1, 0.15) is 22.7 Å². The number of hydrogen-bond donors (Lipinski definition) is 1. The van der Waals surface area contributed by atoms with E-state index in [2.05, 4.69) is 5.32 Å². The molecule has 0 saturated carbocycles. The quantitative estimate of drug-likeness (QED) is 0.726. The monoisotopic (exact) mass is 414 g/mol. The fourth-order valence-electron chi connectivity index (χ4n) is 4.19. The predicted octanol–water partition coefficient (Wildman–Crippen LogP) is 1.02. The van der Waals surface area contributed by atoms with Crippen LogP contribution in [0.1, 0.15) is 49.8 Å². The van der Waals surface area contributed by atoms with Crippen molar-refractivity contribution in [2.45, 2.75) is 58.0 Å². The molecule has 1 aromatic carbocycles. The molecule has 2 heterocycles. The van der Waals surface area contributed by atoms with E-state index in [1.807, 2.05) is 13.8 Å². The van der Waals surface area contributed by atoms with Crippen LogP contribution in [-0.4, -0.2) is 30.6 Å². The minimum Gasteiger partial charge on any atom is -0.548 e. The van der Waals surface area contributed by atoms with E-state index in [4.69, 9.17) is 13.9 Å². The number of carboxylic acids is 1. The molecule has 0 radical (unpaired) electrons. The summed E-state index contributed by atoms with van der Waals surface area (Å²) >= 11 is 0. The summed E-state index contributed by atoms with van der Waals surface area (Å²) in [5.74, 6) is -0.999. The zero-order valence-corrected chi connectivity index (χ0v) is 17.1. The first kappa shape index (κ1) is 20.3. The van der Waals surface area contributed by atoms with E-state index in [0.717, 1.165) is 36.8 Å². The molecule has 0 saturated heterocycles. The molecule has 0 fully saturated rings. The van der Waals surface area contributed by atoms with Gasteiger partial charge in [0.25, 0.3) is 5.91 Å².